The number of nitrogen functional groups attached to an aromatic ring is 1. The highest BCUT2D eigenvalue weighted by Gasteiger charge is 2.16. The van der Waals surface area contributed by atoms with Crippen LogP contribution in [0.5, 0.6) is 0 Å². The summed E-state index contributed by atoms with van der Waals surface area (Å²) in [6.45, 7) is 0.780. The van der Waals surface area contributed by atoms with Crippen molar-refractivity contribution < 1.29 is 4.79 Å². The average Bonchev–Trinajstić information content (AvgIpc) is 2.89. The Labute approximate surface area is 105 Å². The quantitative estimate of drug-likeness (QED) is 0.560. The number of carbonyl (C=O) groups is 1. The topological polar surface area (TPSA) is 67.1 Å². The van der Waals surface area contributed by atoms with Crippen LogP contribution >= 0.6 is 11.8 Å². The lowest BCUT2D eigenvalue weighted by molar-refractivity contribution is 0.0948. The van der Waals surface area contributed by atoms with E-state index in [2.05, 4.69) is 10.7 Å². The van der Waals surface area contributed by atoms with E-state index in [0.29, 0.717) is 11.5 Å². The molecule has 1 aliphatic rings. The van der Waals surface area contributed by atoms with Gasteiger partial charge in [0.1, 0.15) is 0 Å². The third-order valence-corrected chi connectivity index (χ3v) is 4.12. The molecule has 0 bridgehead atoms. The summed E-state index contributed by atoms with van der Waals surface area (Å²) in [5.74, 6) is 8.27. The fourth-order valence-corrected chi connectivity index (χ4v) is 3.09. The zero-order valence-corrected chi connectivity index (χ0v) is 10.4. The number of hydrogen-bond acceptors (Lipinski definition) is 4. The molecule has 1 aromatic rings. The van der Waals surface area contributed by atoms with Gasteiger partial charge in [0.15, 0.2) is 0 Å². The van der Waals surface area contributed by atoms with E-state index in [-0.39, 0.29) is 5.91 Å². The molecule has 1 amide bonds. The minimum Gasteiger partial charge on any atom is -0.352 e. The number of carbonyl (C=O) groups excluding carboxylic acids is 1. The first-order valence-corrected chi connectivity index (χ1v) is 6.87. The summed E-state index contributed by atoms with van der Waals surface area (Å²) in [6.07, 6.45) is 1.21. The number of amides is 1. The minimum absolute atomic E-state index is 0.00882. The van der Waals surface area contributed by atoms with E-state index in [1.54, 1.807) is 24.3 Å². The number of benzene rings is 1. The molecule has 1 unspecified atom stereocenters. The highest BCUT2D eigenvalue weighted by Crippen LogP contribution is 2.22. The highest BCUT2D eigenvalue weighted by molar-refractivity contribution is 7.99. The predicted molar refractivity (Wildman–Crippen MR) is 72.0 cm³/mol. The van der Waals surface area contributed by atoms with Crippen LogP contribution in [0.1, 0.15) is 16.8 Å². The number of rotatable bonds is 4. The third-order valence-electron chi connectivity index (χ3n) is 2.89. The number of thioether (sulfide) groups is 1. The van der Waals surface area contributed by atoms with E-state index in [1.807, 2.05) is 11.8 Å². The number of nitrogens with two attached hydrogens (primary N) is 1. The first kappa shape index (κ1) is 12.3. The summed E-state index contributed by atoms with van der Waals surface area (Å²) in [6, 6.07) is 7.13. The Morgan fingerprint density at radius 2 is 2.18 bits per heavy atom. The molecular weight excluding hydrogens is 234 g/mol. The average molecular weight is 251 g/mol. The van der Waals surface area contributed by atoms with Gasteiger partial charge in [-0.15, -0.1) is 0 Å². The maximum absolute atomic E-state index is 11.8. The molecule has 0 aliphatic carbocycles. The monoisotopic (exact) mass is 251 g/mol. The van der Waals surface area contributed by atoms with Gasteiger partial charge in [-0.05, 0) is 48.1 Å². The zero-order valence-electron chi connectivity index (χ0n) is 9.61. The third kappa shape index (κ3) is 3.38. The molecular formula is C12H17N3OS. The Morgan fingerprint density at radius 3 is 2.76 bits per heavy atom. The van der Waals surface area contributed by atoms with Crippen LogP contribution in [-0.4, -0.2) is 24.0 Å². The van der Waals surface area contributed by atoms with Crippen LogP contribution in [0.2, 0.25) is 0 Å². The molecule has 1 heterocycles. The standard InChI is InChI=1S/C12H17N3OS/c13-15-11-3-1-10(2-4-11)12(16)14-7-9-5-6-17-8-9/h1-4,9,15H,5-8,13H2,(H,14,16). The molecule has 0 aromatic heterocycles. The lowest BCUT2D eigenvalue weighted by Gasteiger charge is -2.10. The summed E-state index contributed by atoms with van der Waals surface area (Å²) in [5.41, 5.74) is 4.01. The molecule has 0 saturated carbocycles. The maximum atomic E-state index is 11.8. The molecule has 1 saturated heterocycles. The smallest absolute Gasteiger partial charge is 0.251 e. The van der Waals surface area contributed by atoms with E-state index in [0.717, 1.165) is 18.0 Å². The van der Waals surface area contributed by atoms with Crippen molar-refractivity contribution in [3.8, 4) is 0 Å². The lowest BCUT2D eigenvalue weighted by Crippen LogP contribution is -2.29. The molecule has 17 heavy (non-hydrogen) atoms. The van der Waals surface area contributed by atoms with Gasteiger partial charge in [0.25, 0.3) is 5.91 Å². The Bertz CT molecular complexity index is 374. The zero-order chi connectivity index (χ0) is 12.1. The number of nitrogens with one attached hydrogen (secondary N) is 2. The van der Waals surface area contributed by atoms with Crippen molar-refractivity contribution in [3.63, 3.8) is 0 Å². The Morgan fingerprint density at radius 1 is 1.41 bits per heavy atom. The van der Waals surface area contributed by atoms with Crippen molar-refractivity contribution in [1.82, 2.24) is 5.32 Å². The van der Waals surface area contributed by atoms with Crippen molar-refractivity contribution in [1.29, 1.82) is 0 Å². The second-order valence-electron chi connectivity index (χ2n) is 4.16. The van der Waals surface area contributed by atoms with Crippen molar-refractivity contribution >= 4 is 23.4 Å². The molecule has 1 fully saturated rings. The van der Waals surface area contributed by atoms with Gasteiger partial charge in [-0.1, -0.05) is 0 Å². The second-order valence-corrected chi connectivity index (χ2v) is 5.31. The first-order valence-electron chi connectivity index (χ1n) is 5.72. The molecule has 0 radical (unpaired) electrons. The van der Waals surface area contributed by atoms with Gasteiger partial charge in [-0.25, -0.2) is 0 Å². The molecule has 1 aromatic carbocycles. The van der Waals surface area contributed by atoms with Crippen molar-refractivity contribution in [2.75, 3.05) is 23.5 Å². The molecule has 1 aliphatic heterocycles. The van der Waals surface area contributed by atoms with E-state index in [4.69, 9.17) is 5.84 Å². The summed E-state index contributed by atoms with van der Waals surface area (Å²) in [4.78, 5) is 11.8. The van der Waals surface area contributed by atoms with Crippen LogP contribution < -0.4 is 16.6 Å². The van der Waals surface area contributed by atoms with Gasteiger partial charge in [0.05, 0.1) is 0 Å². The van der Waals surface area contributed by atoms with Crippen molar-refractivity contribution in [3.05, 3.63) is 29.8 Å². The van der Waals surface area contributed by atoms with Gasteiger partial charge in [-0.2, -0.15) is 11.8 Å². The van der Waals surface area contributed by atoms with Gasteiger partial charge in [0.2, 0.25) is 0 Å². The molecule has 1 atom stereocenters. The number of anilines is 1. The maximum Gasteiger partial charge on any atom is 0.251 e. The Hall–Kier alpha value is -1.20. The van der Waals surface area contributed by atoms with Crippen LogP contribution in [-0.2, 0) is 0 Å². The van der Waals surface area contributed by atoms with Crippen LogP contribution in [0.4, 0.5) is 5.69 Å². The number of hydrazine groups is 1. The van der Waals surface area contributed by atoms with E-state index in [1.165, 1.54) is 12.2 Å². The minimum atomic E-state index is -0.00882. The summed E-state index contributed by atoms with van der Waals surface area (Å²) in [5, 5.41) is 2.97. The van der Waals surface area contributed by atoms with Crippen molar-refractivity contribution in [2.45, 2.75) is 6.42 Å². The van der Waals surface area contributed by atoms with Crippen LogP contribution in [0.3, 0.4) is 0 Å². The van der Waals surface area contributed by atoms with Crippen LogP contribution in [0.15, 0.2) is 24.3 Å². The summed E-state index contributed by atoms with van der Waals surface area (Å²) in [7, 11) is 0. The van der Waals surface area contributed by atoms with E-state index in [9.17, 15) is 4.79 Å². The fraction of sp³-hybridized carbons (Fsp3) is 0.417. The normalized spacial score (nSPS) is 19.0. The Kier molecular flexibility index (Phi) is 4.28. The fourth-order valence-electron chi connectivity index (χ4n) is 1.80. The van der Waals surface area contributed by atoms with Gasteiger partial charge in [0, 0.05) is 17.8 Å². The molecule has 2 rings (SSSR count). The predicted octanol–water partition coefficient (Wildman–Crippen LogP) is 1.46. The van der Waals surface area contributed by atoms with E-state index < -0.39 is 0 Å². The molecule has 92 valence electrons. The van der Waals surface area contributed by atoms with Gasteiger partial charge in [-0.3, -0.25) is 10.6 Å². The molecule has 4 N–H and O–H groups in total. The summed E-state index contributed by atoms with van der Waals surface area (Å²) >= 11 is 1.96. The molecule has 0 spiro atoms. The number of hydrogen-bond donors (Lipinski definition) is 3. The van der Waals surface area contributed by atoms with Gasteiger partial charge < -0.3 is 10.7 Å². The first-order chi connectivity index (χ1) is 8.29. The highest BCUT2D eigenvalue weighted by atomic mass is 32.2. The van der Waals surface area contributed by atoms with E-state index >= 15 is 0 Å². The van der Waals surface area contributed by atoms with Crippen LogP contribution in [0.25, 0.3) is 0 Å². The second kappa shape index (κ2) is 5.93. The molecule has 5 heteroatoms. The summed E-state index contributed by atoms with van der Waals surface area (Å²) < 4.78 is 0. The SMILES string of the molecule is NNc1ccc(C(=O)NCC2CCSC2)cc1. The van der Waals surface area contributed by atoms with Gasteiger partial charge >= 0.3 is 0 Å². The lowest BCUT2D eigenvalue weighted by atomic mass is 10.1. The van der Waals surface area contributed by atoms with Crippen LogP contribution in [0, 0.1) is 5.92 Å². The largest absolute Gasteiger partial charge is 0.352 e. The Balaban J connectivity index is 1.85. The molecule has 4 nitrogen and oxygen atoms in total. The van der Waals surface area contributed by atoms with Crippen molar-refractivity contribution in [2.24, 2.45) is 11.8 Å².